The van der Waals surface area contributed by atoms with Gasteiger partial charge in [-0.3, -0.25) is 4.68 Å². The molecule has 0 aliphatic heterocycles. The highest BCUT2D eigenvalue weighted by molar-refractivity contribution is 7.10. The molecule has 0 aliphatic rings. The van der Waals surface area contributed by atoms with Gasteiger partial charge in [-0.05, 0) is 37.8 Å². The lowest BCUT2D eigenvalue weighted by atomic mass is 10.1. The number of aryl methyl sites for hydroxylation is 1. The van der Waals surface area contributed by atoms with Crippen molar-refractivity contribution in [3.8, 4) is 0 Å². The fourth-order valence-electron chi connectivity index (χ4n) is 1.79. The van der Waals surface area contributed by atoms with Gasteiger partial charge in [0.2, 0.25) is 0 Å². The molecular weight excluding hydrogens is 266 g/mol. The zero-order chi connectivity index (χ0) is 13.3. The van der Waals surface area contributed by atoms with Gasteiger partial charge in [0.05, 0.1) is 10.7 Å². The van der Waals surface area contributed by atoms with Gasteiger partial charge in [0.1, 0.15) is 0 Å². The average molecular weight is 284 g/mol. The predicted octanol–water partition coefficient (Wildman–Crippen LogP) is 3.73. The Morgan fingerprint density at radius 1 is 1.50 bits per heavy atom. The van der Waals surface area contributed by atoms with E-state index in [1.807, 2.05) is 29.2 Å². The van der Waals surface area contributed by atoms with E-state index in [2.05, 4.69) is 18.9 Å². The van der Waals surface area contributed by atoms with E-state index in [-0.39, 0.29) is 6.04 Å². The molecule has 2 N–H and O–H groups in total. The van der Waals surface area contributed by atoms with Crippen LogP contribution in [0.4, 0.5) is 0 Å². The lowest BCUT2D eigenvalue weighted by molar-refractivity contribution is 0.523. The van der Waals surface area contributed by atoms with Gasteiger partial charge >= 0.3 is 0 Å². The summed E-state index contributed by atoms with van der Waals surface area (Å²) in [6.07, 6.45) is 2.72. The van der Waals surface area contributed by atoms with Crippen LogP contribution in [0.15, 0.2) is 17.6 Å². The molecule has 2 aromatic rings. The van der Waals surface area contributed by atoms with Crippen molar-refractivity contribution in [3.63, 3.8) is 0 Å². The van der Waals surface area contributed by atoms with Crippen LogP contribution >= 0.6 is 22.9 Å². The van der Waals surface area contributed by atoms with Gasteiger partial charge in [0.25, 0.3) is 0 Å². The number of nitrogens with zero attached hydrogens (tertiary/aromatic N) is 2. The van der Waals surface area contributed by atoms with Crippen LogP contribution in [0.3, 0.4) is 0 Å². The molecular formula is C13H18ClN3S. The maximum absolute atomic E-state index is 6.23. The fraction of sp³-hybridized carbons (Fsp3) is 0.462. The highest BCUT2D eigenvalue weighted by Crippen LogP contribution is 2.32. The van der Waals surface area contributed by atoms with E-state index in [4.69, 9.17) is 17.3 Å². The SMILES string of the molecule is Cc1csc(C(N)Cc2ccn(C(C)C)n2)c1Cl. The monoisotopic (exact) mass is 283 g/mol. The molecule has 1 unspecified atom stereocenters. The van der Waals surface area contributed by atoms with Crippen molar-refractivity contribution < 1.29 is 0 Å². The minimum absolute atomic E-state index is 0.0771. The summed E-state index contributed by atoms with van der Waals surface area (Å²) in [4.78, 5) is 1.05. The number of rotatable bonds is 4. The molecule has 18 heavy (non-hydrogen) atoms. The molecule has 0 aromatic carbocycles. The summed E-state index contributed by atoms with van der Waals surface area (Å²) < 4.78 is 1.95. The minimum Gasteiger partial charge on any atom is -0.323 e. The standard InChI is InChI=1S/C13H18ClN3S/c1-8(2)17-5-4-10(16-17)6-11(15)13-12(14)9(3)7-18-13/h4-5,7-8,11H,6,15H2,1-3H3. The molecule has 2 heterocycles. The van der Waals surface area contributed by atoms with Crippen LogP contribution in [0.1, 0.15) is 42.1 Å². The molecule has 2 rings (SSSR count). The molecule has 2 aromatic heterocycles. The van der Waals surface area contributed by atoms with Gasteiger partial charge in [-0.1, -0.05) is 11.6 Å². The maximum atomic E-state index is 6.23. The van der Waals surface area contributed by atoms with E-state index in [0.29, 0.717) is 6.04 Å². The molecule has 5 heteroatoms. The molecule has 0 fully saturated rings. The van der Waals surface area contributed by atoms with Crippen LogP contribution < -0.4 is 5.73 Å². The first-order valence-corrected chi connectivity index (χ1v) is 7.28. The summed E-state index contributed by atoms with van der Waals surface area (Å²) in [5, 5.41) is 7.36. The van der Waals surface area contributed by atoms with E-state index in [0.717, 1.165) is 27.6 Å². The Kier molecular flexibility index (Phi) is 4.10. The average Bonchev–Trinajstić information content (AvgIpc) is 2.88. The van der Waals surface area contributed by atoms with Gasteiger partial charge in [0.15, 0.2) is 0 Å². The largest absolute Gasteiger partial charge is 0.323 e. The molecule has 0 saturated heterocycles. The predicted molar refractivity (Wildman–Crippen MR) is 77.3 cm³/mol. The minimum atomic E-state index is -0.0771. The second-order valence-corrected chi connectivity index (χ2v) is 6.08. The van der Waals surface area contributed by atoms with E-state index in [9.17, 15) is 0 Å². The van der Waals surface area contributed by atoms with E-state index in [1.54, 1.807) is 11.3 Å². The summed E-state index contributed by atoms with van der Waals surface area (Å²) in [5.74, 6) is 0. The van der Waals surface area contributed by atoms with Crippen molar-refractivity contribution >= 4 is 22.9 Å². The zero-order valence-corrected chi connectivity index (χ0v) is 12.4. The Hall–Kier alpha value is -0.840. The molecule has 0 aliphatic carbocycles. The van der Waals surface area contributed by atoms with Crippen molar-refractivity contribution in [3.05, 3.63) is 38.8 Å². The lowest BCUT2D eigenvalue weighted by Gasteiger charge is -2.09. The van der Waals surface area contributed by atoms with E-state index in [1.165, 1.54) is 0 Å². The summed E-state index contributed by atoms with van der Waals surface area (Å²) in [6, 6.07) is 2.32. The molecule has 0 spiro atoms. The van der Waals surface area contributed by atoms with Crippen LogP contribution in [0, 0.1) is 6.92 Å². The summed E-state index contributed by atoms with van der Waals surface area (Å²) in [7, 11) is 0. The fourth-order valence-corrected chi connectivity index (χ4v) is 3.13. The van der Waals surface area contributed by atoms with Gasteiger partial charge in [-0.25, -0.2) is 0 Å². The Morgan fingerprint density at radius 3 is 2.72 bits per heavy atom. The number of aromatic nitrogens is 2. The van der Waals surface area contributed by atoms with Crippen LogP contribution in [0.25, 0.3) is 0 Å². The highest BCUT2D eigenvalue weighted by Gasteiger charge is 2.16. The number of halogens is 1. The van der Waals surface area contributed by atoms with Gasteiger partial charge in [-0.2, -0.15) is 5.10 Å². The normalized spacial score (nSPS) is 13.2. The number of hydrogen-bond acceptors (Lipinski definition) is 3. The quantitative estimate of drug-likeness (QED) is 0.929. The Balaban J connectivity index is 2.11. The van der Waals surface area contributed by atoms with Crippen LogP contribution in [-0.4, -0.2) is 9.78 Å². The second kappa shape index (κ2) is 5.43. The Bertz CT molecular complexity index is 530. The third kappa shape index (κ3) is 2.76. The van der Waals surface area contributed by atoms with Crippen LogP contribution in [-0.2, 0) is 6.42 Å². The highest BCUT2D eigenvalue weighted by atomic mass is 35.5. The molecule has 0 saturated carbocycles. The summed E-state index contributed by atoms with van der Waals surface area (Å²) >= 11 is 7.86. The second-order valence-electron chi connectivity index (χ2n) is 4.79. The molecule has 0 bridgehead atoms. The first kappa shape index (κ1) is 13.6. The molecule has 1 atom stereocenters. The van der Waals surface area contributed by atoms with Crippen molar-refractivity contribution in [2.24, 2.45) is 5.73 Å². The first-order valence-electron chi connectivity index (χ1n) is 6.02. The maximum Gasteiger partial charge on any atom is 0.0643 e. The summed E-state index contributed by atoms with van der Waals surface area (Å²) in [6.45, 7) is 6.22. The number of thiophene rings is 1. The third-order valence-electron chi connectivity index (χ3n) is 2.88. The van der Waals surface area contributed by atoms with Gasteiger partial charge < -0.3 is 5.73 Å². The van der Waals surface area contributed by atoms with Crippen molar-refractivity contribution in [1.82, 2.24) is 9.78 Å². The Morgan fingerprint density at radius 2 is 2.22 bits per heavy atom. The number of nitrogens with two attached hydrogens (primary N) is 1. The van der Waals surface area contributed by atoms with Crippen molar-refractivity contribution in [2.45, 2.75) is 39.3 Å². The summed E-state index contributed by atoms with van der Waals surface area (Å²) in [5.41, 5.74) is 8.31. The lowest BCUT2D eigenvalue weighted by Crippen LogP contribution is -2.13. The molecule has 3 nitrogen and oxygen atoms in total. The third-order valence-corrected chi connectivity index (χ3v) is 4.73. The van der Waals surface area contributed by atoms with E-state index >= 15 is 0 Å². The van der Waals surface area contributed by atoms with Crippen LogP contribution in [0.2, 0.25) is 5.02 Å². The molecule has 0 amide bonds. The van der Waals surface area contributed by atoms with Crippen molar-refractivity contribution in [2.75, 3.05) is 0 Å². The smallest absolute Gasteiger partial charge is 0.0643 e. The van der Waals surface area contributed by atoms with Gasteiger partial charge in [-0.15, -0.1) is 11.3 Å². The van der Waals surface area contributed by atoms with Crippen molar-refractivity contribution in [1.29, 1.82) is 0 Å². The molecule has 0 radical (unpaired) electrons. The zero-order valence-electron chi connectivity index (χ0n) is 10.9. The Labute approximate surface area is 117 Å². The van der Waals surface area contributed by atoms with Crippen LogP contribution in [0.5, 0.6) is 0 Å². The topological polar surface area (TPSA) is 43.8 Å². The van der Waals surface area contributed by atoms with Gasteiger partial charge in [0, 0.05) is 29.6 Å². The first-order chi connectivity index (χ1) is 8.49. The molecule has 98 valence electrons. The van der Waals surface area contributed by atoms with E-state index < -0.39 is 0 Å². The number of hydrogen-bond donors (Lipinski definition) is 1.